The third kappa shape index (κ3) is 4.34. The van der Waals surface area contributed by atoms with Gasteiger partial charge in [0.15, 0.2) is 0 Å². The maximum absolute atomic E-state index is 12.2. The molecule has 6 nitrogen and oxygen atoms in total. The molecule has 1 aromatic heterocycles. The van der Waals surface area contributed by atoms with Crippen molar-refractivity contribution in [2.24, 2.45) is 0 Å². The Balaban J connectivity index is 1.54. The van der Waals surface area contributed by atoms with Crippen LogP contribution in [0.25, 0.3) is 10.9 Å². The molecule has 6 heteroatoms. The Morgan fingerprint density at radius 1 is 1.15 bits per heavy atom. The molecule has 27 heavy (non-hydrogen) atoms. The average molecular weight is 367 g/mol. The smallest absolute Gasteiger partial charge is 0.315 e. The zero-order valence-corrected chi connectivity index (χ0v) is 15.8. The number of urea groups is 1. The van der Waals surface area contributed by atoms with Gasteiger partial charge in [0.1, 0.15) is 11.5 Å². The first kappa shape index (κ1) is 18.6. The first-order chi connectivity index (χ1) is 13.1. The molecule has 0 fully saturated rings. The summed E-state index contributed by atoms with van der Waals surface area (Å²) in [6, 6.07) is 13.3. The number of rotatable bonds is 7. The zero-order valence-electron chi connectivity index (χ0n) is 15.8. The number of aromatic nitrogens is 1. The zero-order chi connectivity index (χ0) is 19.2. The molecule has 2 amide bonds. The first-order valence-corrected chi connectivity index (χ1v) is 8.93. The summed E-state index contributed by atoms with van der Waals surface area (Å²) in [6.45, 7) is 2.48. The molecule has 0 aliphatic rings. The number of methoxy groups -OCH3 is 2. The number of amides is 2. The van der Waals surface area contributed by atoms with Gasteiger partial charge in [-0.15, -0.1) is 0 Å². The van der Waals surface area contributed by atoms with Crippen LogP contribution in [0, 0.1) is 0 Å². The van der Waals surface area contributed by atoms with Crippen LogP contribution in [0.5, 0.6) is 11.5 Å². The van der Waals surface area contributed by atoms with Crippen LogP contribution in [0.2, 0.25) is 0 Å². The largest absolute Gasteiger partial charge is 0.497 e. The number of aromatic amines is 1. The molecule has 0 saturated heterocycles. The summed E-state index contributed by atoms with van der Waals surface area (Å²) in [5.74, 6) is 1.40. The summed E-state index contributed by atoms with van der Waals surface area (Å²) < 4.78 is 10.6. The highest BCUT2D eigenvalue weighted by molar-refractivity contribution is 5.83. The van der Waals surface area contributed by atoms with Crippen molar-refractivity contribution in [3.63, 3.8) is 0 Å². The highest BCUT2D eigenvalue weighted by Gasteiger charge is 2.15. The number of hydrogen-bond donors (Lipinski definition) is 3. The molecule has 1 unspecified atom stereocenters. The molecule has 3 rings (SSSR count). The van der Waals surface area contributed by atoms with Crippen molar-refractivity contribution >= 4 is 16.9 Å². The SMILES string of the molecule is COc1ccc(C(C)NC(=O)NCCc2c[nH]c3ccccc23)c(OC)c1. The third-order valence-electron chi connectivity index (χ3n) is 4.61. The van der Waals surface area contributed by atoms with Gasteiger partial charge < -0.3 is 25.1 Å². The molecule has 2 aromatic carbocycles. The van der Waals surface area contributed by atoms with E-state index < -0.39 is 0 Å². The molecule has 3 N–H and O–H groups in total. The Labute approximate surface area is 158 Å². The summed E-state index contributed by atoms with van der Waals surface area (Å²) in [5, 5.41) is 7.05. The second-order valence-electron chi connectivity index (χ2n) is 6.34. The lowest BCUT2D eigenvalue weighted by Crippen LogP contribution is -2.38. The fraction of sp³-hybridized carbons (Fsp3) is 0.286. The molecule has 0 saturated carbocycles. The first-order valence-electron chi connectivity index (χ1n) is 8.93. The second-order valence-corrected chi connectivity index (χ2v) is 6.34. The van der Waals surface area contributed by atoms with E-state index in [9.17, 15) is 4.79 Å². The molecule has 0 bridgehead atoms. The minimum atomic E-state index is -0.208. The van der Waals surface area contributed by atoms with Crippen molar-refractivity contribution in [3.8, 4) is 11.5 Å². The van der Waals surface area contributed by atoms with Gasteiger partial charge in [-0.1, -0.05) is 18.2 Å². The number of carbonyl (C=O) groups excluding carboxylic acids is 1. The van der Waals surface area contributed by atoms with E-state index in [4.69, 9.17) is 9.47 Å². The molecule has 0 aliphatic heterocycles. The lowest BCUT2D eigenvalue weighted by Gasteiger charge is -2.18. The van der Waals surface area contributed by atoms with Gasteiger partial charge in [0.2, 0.25) is 0 Å². The van der Waals surface area contributed by atoms with Crippen LogP contribution in [-0.4, -0.2) is 31.8 Å². The van der Waals surface area contributed by atoms with Gasteiger partial charge in [0, 0.05) is 35.3 Å². The van der Waals surface area contributed by atoms with Crippen LogP contribution in [0.4, 0.5) is 4.79 Å². The fourth-order valence-corrected chi connectivity index (χ4v) is 3.15. The summed E-state index contributed by atoms with van der Waals surface area (Å²) >= 11 is 0. The molecular formula is C21H25N3O3. The Morgan fingerprint density at radius 3 is 2.74 bits per heavy atom. The number of para-hydroxylation sites is 1. The van der Waals surface area contributed by atoms with E-state index in [0.717, 1.165) is 17.5 Å². The molecule has 3 aromatic rings. The summed E-state index contributed by atoms with van der Waals surface area (Å²) in [4.78, 5) is 15.5. The molecule has 0 spiro atoms. The highest BCUT2D eigenvalue weighted by atomic mass is 16.5. The summed E-state index contributed by atoms with van der Waals surface area (Å²) in [6.07, 6.45) is 2.76. The van der Waals surface area contributed by atoms with E-state index in [1.165, 1.54) is 10.9 Å². The van der Waals surface area contributed by atoms with Crippen molar-refractivity contribution in [2.75, 3.05) is 20.8 Å². The van der Waals surface area contributed by atoms with Crippen LogP contribution < -0.4 is 20.1 Å². The molecule has 0 aliphatic carbocycles. The Hall–Kier alpha value is -3.15. The average Bonchev–Trinajstić information content (AvgIpc) is 3.10. The monoisotopic (exact) mass is 367 g/mol. The van der Waals surface area contributed by atoms with Crippen LogP contribution >= 0.6 is 0 Å². The summed E-state index contributed by atoms with van der Waals surface area (Å²) in [5.41, 5.74) is 3.19. The van der Waals surface area contributed by atoms with Gasteiger partial charge >= 0.3 is 6.03 Å². The minimum Gasteiger partial charge on any atom is -0.497 e. The highest BCUT2D eigenvalue weighted by Crippen LogP contribution is 2.29. The molecule has 0 radical (unpaired) electrons. The van der Waals surface area contributed by atoms with E-state index in [1.807, 2.05) is 49.5 Å². The molecule has 1 atom stereocenters. The normalized spacial score (nSPS) is 11.8. The van der Waals surface area contributed by atoms with Crippen LogP contribution in [-0.2, 0) is 6.42 Å². The fourth-order valence-electron chi connectivity index (χ4n) is 3.15. The standard InChI is InChI=1S/C21H25N3O3/c1-14(17-9-8-16(26-2)12-20(17)27-3)24-21(25)22-11-10-15-13-23-19-7-5-4-6-18(15)19/h4-9,12-14,23H,10-11H2,1-3H3,(H2,22,24,25). The molecule has 142 valence electrons. The number of ether oxygens (including phenoxy) is 2. The third-order valence-corrected chi connectivity index (χ3v) is 4.61. The second kappa shape index (κ2) is 8.49. The Bertz CT molecular complexity index is 920. The van der Waals surface area contributed by atoms with Crippen molar-refractivity contribution in [1.29, 1.82) is 0 Å². The predicted octanol–water partition coefficient (Wildman–Crippen LogP) is 3.79. The number of H-pyrrole nitrogens is 1. The van der Waals surface area contributed by atoms with E-state index in [2.05, 4.69) is 21.7 Å². The van der Waals surface area contributed by atoms with Crippen LogP contribution in [0.15, 0.2) is 48.7 Å². The number of hydrogen-bond acceptors (Lipinski definition) is 3. The maximum Gasteiger partial charge on any atom is 0.315 e. The number of nitrogens with one attached hydrogen (secondary N) is 3. The minimum absolute atomic E-state index is 0.195. The summed E-state index contributed by atoms with van der Waals surface area (Å²) in [7, 11) is 3.21. The van der Waals surface area contributed by atoms with Crippen molar-refractivity contribution in [1.82, 2.24) is 15.6 Å². The van der Waals surface area contributed by atoms with Gasteiger partial charge in [0.05, 0.1) is 20.3 Å². The van der Waals surface area contributed by atoms with Gasteiger partial charge in [-0.3, -0.25) is 0 Å². The lowest BCUT2D eigenvalue weighted by atomic mass is 10.1. The lowest BCUT2D eigenvalue weighted by molar-refractivity contribution is 0.238. The van der Waals surface area contributed by atoms with Crippen LogP contribution in [0.3, 0.4) is 0 Å². The van der Waals surface area contributed by atoms with Crippen molar-refractivity contribution in [3.05, 3.63) is 59.8 Å². The van der Waals surface area contributed by atoms with Crippen molar-refractivity contribution < 1.29 is 14.3 Å². The maximum atomic E-state index is 12.2. The van der Waals surface area contributed by atoms with Gasteiger partial charge in [0.25, 0.3) is 0 Å². The van der Waals surface area contributed by atoms with Gasteiger partial charge in [-0.05, 0) is 37.1 Å². The Kier molecular flexibility index (Phi) is 5.86. The van der Waals surface area contributed by atoms with E-state index in [0.29, 0.717) is 18.0 Å². The predicted molar refractivity (Wildman–Crippen MR) is 106 cm³/mol. The Morgan fingerprint density at radius 2 is 1.96 bits per heavy atom. The topological polar surface area (TPSA) is 75.4 Å². The van der Waals surface area contributed by atoms with E-state index in [1.54, 1.807) is 14.2 Å². The number of fused-ring (bicyclic) bond motifs is 1. The van der Waals surface area contributed by atoms with Gasteiger partial charge in [-0.2, -0.15) is 0 Å². The van der Waals surface area contributed by atoms with Crippen molar-refractivity contribution in [2.45, 2.75) is 19.4 Å². The number of benzene rings is 2. The quantitative estimate of drug-likeness (QED) is 0.595. The molecular weight excluding hydrogens is 342 g/mol. The van der Waals surface area contributed by atoms with Crippen LogP contribution in [0.1, 0.15) is 24.1 Å². The number of carbonyl (C=O) groups is 1. The van der Waals surface area contributed by atoms with E-state index >= 15 is 0 Å². The van der Waals surface area contributed by atoms with Gasteiger partial charge in [-0.25, -0.2) is 4.79 Å². The van der Waals surface area contributed by atoms with E-state index in [-0.39, 0.29) is 12.1 Å². The molecule has 1 heterocycles.